The molecule has 0 saturated heterocycles. The smallest absolute Gasteiger partial charge is 0.550 e. The van der Waals surface area contributed by atoms with E-state index in [9.17, 15) is 30.0 Å². The Hall–Kier alpha value is -1.21. The van der Waals surface area contributed by atoms with Crippen molar-refractivity contribution in [3.63, 3.8) is 0 Å². The predicted molar refractivity (Wildman–Crippen MR) is 238 cm³/mol. The van der Waals surface area contributed by atoms with Crippen molar-refractivity contribution in [1.29, 1.82) is 0 Å². The minimum Gasteiger partial charge on any atom is -0.550 e. The van der Waals surface area contributed by atoms with Crippen LogP contribution in [0.4, 0.5) is 0 Å². The Morgan fingerprint density at radius 3 is 1.07 bits per heavy atom. The summed E-state index contributed by atoms with van der Waals surface area (Å²) >= 11 is 0. The number of carboxylic acid groups (broad SMARTS) is 2. The molecule has 2 N–H and O–H groups in total. The Bertz CT molecular complexity index is 1110. The van der Waals surface area contributed by atoms with Crippen LogP contribution >= 0.6 is 0 Å². The first-order valence-corrected chi connectivity index (χ1v) is 23.3. The number of hydrogen-bond acceptors (Lipinski definition) is 8. The number of rotatable bonds is 38. The van der Waals surface area contributed by atoms with Crippen molar-refractivity contribution >= 4 is 60.8 Å². The van der Waals surface area contributed by atoms with Gasteiger partial charge in [0.15, 0.2) is 0 Å². The van der Waals surface area contributed by atoms with E-state index in [4.69, 9.17) is 9.47 Å². The number of carboxylic acids is 2. The number of aliphatic carboxylic acids is 2. The second-order valence-electron chi connectivity index (χ2n) is 16.4. The first-order valence-electron chi connectivity index (χ1n) is 23.3. The van der Waals surface area contributed by atoms with Gasteiger partial charge in [-0.3, -0.25) is 0 Å². The number of aliphatic hydroxyl groups is 2. The van der Waals surface area contributed by atoms with Crippen molar-refractivity contribution in [2.45, 2.75) is 231 Å². The molecule has 0 bridgehead atoms. The zero-order valence-corrected chi connectivity index (χ0v) is 41.8. The molecule has 2 aromatic carbocycles. The molecule has 0 saturated carbocycles. The van der Waals surface area contributed by atoms with Crippen LogP contribution in [0.2, 0.25) is 0 Å². The standard InChI is InChI=1S/2C25H42O4.Ba/c2*1-2-3-4-5-9-18-24(29-21-22-14-7-6-8-15-22)19-12-10-16-23(26)17-11-13-20-25(27)28;/h2*6-8,14-15,23-24,26H,2-5,9-13,16-21H2,1H3,(H,27,28);/q;;+2/p-2. The molecule has 4 atom stereocenters. The van der Waals surface area contributed by atoms with E-state index in [0.29, 0.717) is 38.9 Å². The third-order valence-electron chi connectivity index (χ3n) is 10.9. The Kier molecular flexibility index (Phi) is 41.2. The summed E-state index contributed by atoms with van der Waals surface area (Å²) in [6.07, 6.45) is 26.9. The van der Waals surface area contributed by atoms with Gasteiger partial charge in [-0.05, 0) is 88.2 Å². The maximum absolute atomic E-state index is 10.4. The van der Waals surface area contributed by atoms with Crippen LogP contribution in [0, 0.1) is 0 Å². The van der Waals surface area contributed by atoms with Gasteiger partial charge in [-0.2, -0.15) is 0 Å². The average Bonchev–Trinajstić information content (AvgIpc) is 3.22. The number of aliphatic hydroxyl groups excluding tert-OH is 2. The molecule has 2 aromatic rings. The van der Waals surface area contributed by atoms with E-state index >= 15 is 0 Å². The summed E-state index contributed by atoms with van der Waals surface area (Å²) in [5.41, 5.74) is 2.44. The molecule has 332 valence electrons. The fourth-order valence-electron chi connectivity index (χ4n) is 7.24. The fourth-order valence-corrected chi connectivity index (χ4v) is 7.24. The van der Waals surface area contributed by atoms with Crippen molar-refractivity contribution in [3.05, 3.63) is 71.8 Å². The summed E-state index contributed by atoms with van der Waals surface area (Å²) in [6, 6.07) is 20.7. The Morgan fingerprint density at radius 2 is 0.746 bits per heavy atom. The molecule has 4 unspecified atom stereocenters. The van der Waals surface area contributed by atoms with E-state index < -0.39 is 11.9 Å². The predicted octanol–water partition coefficient (Wildman–Crippen LogP) is 9.95. The number of benzene rings is 2. The summed E-state index contributed by atoms with van der Waals surface area (Å²) in [5, 5.41) is 40.9. The van der Waals surface area contributed by atoms with Crippen molar-refractivity contribution in [1.82, 2.24) is 0 Å². The molecule has 0 heterocycles. The van der Waals surface area contributed by atoms with Crippen LogP contribution in [0.25, 0.3) is 0 Å². The van der Waals surface area contributed by atoms with Crippen molar-refractivity contribution in [2.24, 2.45) is 0 Å². The summed E-state index contributed by atoms with van der Waals surface area (Å²) in [4.78, 5) is 20.8. The summed E-state index contributed by atoms with van der Waals surface area (Å²) in [6.45, 7) is 5.82. The average molecular weight is 949 g/mol. The third-order valence-corrected chi connectivity index (χ3v) is 10.9. The van der Waals surface area contributed by atoms with Crippen LogP contribution in [-0.4, -0.2) is 95.4 Å². The van der Waals surface area contributed by atoms with E-state index in [1.54, 1.807) is 0 Å². The van der Waals surface area contributed by atoms with Gasteiger partial charge in [0, 0.05) is 11.9 Å². The van der Waals surface area contributed by atoms with Gasteiger partial charge in [-0.25, -0.2) is 0 Å². The quantitative estimate of drug-likeness (QED) is 0.0501. The number of carbonyl (C=O) groups excluding carboxylic acids is 2. The van der Waals surface area contributed by atoms with Crippen LogP contribution < -0.4 is 10.2 Å². The zero-order chi connectivity index (χ0) is 42.3. The molecule has 0 aliphatic heterocycles. The van der Waals surface area contributed by atoms with Gasteiger partial charge in [0.1, 0.15) is 0 Å². The normalized spacial score (nSPS) is 13.1. The minimum absolute atomic E-state index is 0. The summed E-state index contributed by atoms with van der Waals surface area (Å²) < 4.78 is 12.4. The number of unbranched alkanes of at least 4 members (excludes halogenated alkanes) is 12. The van der Waals surface area contributed by atoms with E-state index in [2.05, 4.69) is 38.1 Å². The van der Waals surface area contributed by atoms with Gasteiger partial charge in [-0.1, -0.05) is 177 Å². The summed E-state index contributed by atoms with van der Waals surface area (Å²) in [5.74, 6) is -2.01. The van der Waals surface area contributed by atoms with E-state index in [1.807, 2.05) is 36.4 Å². The second kappa shape index (κ2) is 42.1. The zero-order valence-electron chi connectivity index (χ0n) is 37.3. The van der Waals surface area contributed by atoms with Gasteiger partial charge in [0.25, 0.3) is 0 Å². The first-order chi connectivity index (χ1) is 28.2. The van der Waals surface area contributed by atoms with Crippen molar-refractivity contribution in [2.75, 3.05) is 0 Å². The number of carbonyl (C=O) groups is 2. The molecular formula is C50H82BaO8. The molecule has 0 radical (unpaired) electrons. The third kappa shape index (κ3) is 38.2. The topological polar surface area (TPSA) is 139 Å². The van der Waals surface area contributed by atoms with E-state index in [0.717, 1.165) is 77.0 Å². The van der Waals surface area contributed by atoms with Gasteiger partial charge in [-0.15, -0.1) is 0 Å². The Labute approximate surface area is 400 Å². The summed E-state index contributed by atoms with van der Waals surface area (Å²) in [7, 11) is 0. The fraction of sp³-hybridized carbons (Fsp3) is 0.720. The number of ether oxygens (including phenoxy) is 2. The van der Waals surface area contributed by atoms with Crippen molar-refractivity contribution in [3.8, 4) is 0 Å². The SMILES string of the molecule is CCCCCCCC(CCCCC(O)CCCCC(=O)[O-])OCc1ccccc1.CCCCCCCC(CCCCC(O)CCCCC(=O)[O-])OCc1ccccc1.[Ba+2]. The molecular weight excluding hydrogens is 866 g/mol. The van der Waals surface area contributed by atoms with Crippen LogP contribution in [0.5, 0.6) is 0 Å². The monoisotopic (exact) mass is 949 g/mol. The van der Waals surface area contributed by atoms with Crippen molar-refractivity contribution < 1.29 is 39.5 Å². The van der Waals surface area contributed by atoms with E-state index in [-0.39, 0.29) is 86.1 Å². The molecule has 59 heavy (non-hydrogen) atoms. The molecule has 0 aliphatic rings. The van der Waals surface area contributed by atoms with Crippen LogP contribution in [0.3, 0.4) is 0 Å². The molecule has 8 nitrogen and oxygen atoms in total. The maximum atomic E-state index is 10.4. The Balaban J connectivity index is 0.00000112. The van der Waals surface area contributed by atoms with Crippen LogP contribution in [0.1, 0.15) is 205 Å². The second-order valence-corrected chi connectivity index (χ2v) is 16.4. The van der Waals surface area contributed by atoms with Gasteiger partial charge >= 0.3 is 48.9 Å². The molecule has 0 aliphatic carbocycles. The minimum atomic E-state index is -1.00. The van der Waals surface area contributed by atoms with Gasteiger partial charge < -0.3 is 39.5 Å². The largest absolute Gasteiger partial charge is 2.00 e. The first kappa shape index (κ1) is 57.8. The maximum Gasteiger partial charge on any atom is 2.00 e. The van der Waals surface area contributed by atoms with Crippen LogP contribution in [0.15, 0.2) is 60.7 Å². The van der Waals surface area contributed by atoms with Crippen LogP contribution in [-0.2, 0) is 32.3 Å². The van der Waals surface area contributed by atoms with Gasteiger partial charge in [0.2, 0.25) is 0 Å². The van der Waals surface area contributed by atoms with Gasteiger partial charge in [0.05, 0.1) is 37.6 Å². The van der Waals surface area contributed by atoms with E-state index in [1.165, 1.54) is 75.3 Å². The Morgan fingerprint density at radius 1 is 0.458 bits per heavy atom. The molecule has 0 aromatic heterocycles. The molecule has 0 spiro atoms. The molecule has 9 heteroatoms. The number of hydrogen-bond donors (Lipinski definition) is 2. The molecule has 0 amide bonds. The molecule has 2 rings (SSSR count). The molecule has 0 fully saturated rings.